The molecule has 18 heavy (non-hydrogen) atoms. The first kappa shape index (κ1) is 13.6. The molecule has 1 atom stereocenters. The molecule has 1 aromatic heterocycles. The Balaban J connectivity index is 1.85. The van der Waals surface area contributed by atoms with Gasteiger partial charge in [0, 0.05) is 19.1 Å². The number of hydrogen-bond donors (Lipinski definition) is 1. The molecule has 1 aromatic rings. The van der Waals surface area contributed by atoms with E-state index in [2.05, 4.69) is 17.6 Å². The van der Waals surface area contributed by atoms with Gasteiger partial charge in [0.15, 0.2) is 0 Å². The zero-order chi connectivity index (χ0) is 12.8. The molecule has 1 fully saturated rings. The van der Waals surface area contributed by atoms with Crippen molar-refractivity contribution in [3.05, 3.63) is 22.4 Å². The van der Waals surface area contributed by atoms with Gasteiger partial charge in [0.25, 0.3) is 0 Å². The lowest BCUT2D eigenvalue weighted by molar-refractivity contribution is -0.130. The molecule has 0 aliphatic carbocycles. The van der Waals surface area contributed by atoms with E-state index in [1.54, 1.807) is 11.3 Å². The minimum Gasteiger partial charge on any atom is -0.341 e. The molecule has 1 amide bonds. The third-order valence-corrected chi connectivity index (χ3v) is 4.26. The Labute approximate surface area is 113 Å². The number of likely N-dealkylation sites (N-methyl/N-ethyl adjacent to an activating group) is 1. The number of carbonyl (C=O) groups is 1. The SMILES string of the molecule is CCN(CC1CCCCN1)C(=O)Cc1ccsc1. The maximum absolute atomic E-state index is 12.2. The maximum atomic E-state index is 12.2. The van der Waals surface area contributed by atoms with Crippen LogP contribution >= 0.6 is 11.3 Å². The molecule has 1 aliphatic rings. The van der Waals surface area contributed by atoms with E-state index in [1.807, 2.05) is 16.3 Å². The number of nitrogens with zero attached hydrogens (tertiary/aromatic N) is 1. The van der Waals surface area contributed by atoms with Gasteiger partial charge in [-0.1, -0.05) is 6.42 Å². The van der Waals surface area contributed by atoms with Crippen molar-refractivity contribution in [1.82, 2.24) is 10.2 Å². The molecular formula is C14H22N2OS. The Morgan fingerprint density at radius 1 is 1.56 bits per heavy atom. The van der Waals surface area contributed by atoms with Crippen molar-refractivity contribution in [3.8, 4) is 0 Å². The number of nitrogens with one attached hydrogen (secondary N) is 1. The number of rotatable bonds is 5. The van der Waals surface area contributed by atoms with Crippen LogP contribution in [-0.4, -0.2) is 36.5 Å². The monoisotopic (exact) mass is 266 g/mol. The fourth-order valence-corrected chi connectivity index (χ4v) is 3.10. The summed E-state index contributed by atoms with van der Waals surface area (Å²) in [5.41, 5.74) is 1.14. The van der Waals surface area contributed by atoms with E-state index in [-0.39, 0.29) is 5.91 Å². The fourth-order valence-electron chi connectivity index (χ4n) is 2.43. The third kappa shape index (κ3) is 3.82. The molecular weight excluding hydrogens is 244 g/mol. The Morgan fingerprint density at radius 3 is 3.06 bits per heavy atom. The molecule has 3 nitrogen and oxygen atoms in total. The van der Waals surface area contributed by atoms with Crippen LogP contribution in [0.2, 0.25) is 0 Å². The Hall–Kier alpha value is -0.870. The summed E-state index contributed by atoms with van der Waals surface area (Å²) < 4.78 is 0. The highest BCUT2D eigenvalue weighted by atomic mass is 32.1. The zero-order valence-electron chi connectivity index (χ0n) is 11.0. The van der Waals surface area contributed by atoms with Crippen molar-refractivity contribution < 1.29 is 4.79 Å². The summed E-state index contributed by atoms with van der Waals surface area (Å²) in [5.74, 6) is 0.253. The van der Waals surface area contributed by atoms with Gasteiger partial charge >= 0.3 is 0 Å². The van der Waals surface area contributed by atoms with Gasteiger partial charge in [-0.3, -0.25) is 4.79 Å². The normalized spacial score (nSPS) is 19.7. The van der Waals surface area contributed by atoms with Gasteiger partial charge in [-0.2, -0.15) is 11.3 Å². The summed E-state index contributed by atoms with van der Waals surface area (Å²) >= 11 is 1.65. The van der Waals surface area contributed by atoms with Gasteiger partial charge in [0.2, 0.25) is 5.91 Å². The van der Waals surface area contributed by atoms with Gasteiger partial charge in [-0.15, -0.1) is 0 Å². The number of piperidine rings is 1. The van der Waals surface area contributed by atoms with E-state index >= 15 is 0 Å². The predicted octanol–water partition coefficient (Wildman–Crippen LogP) is 2.28. The van der Waals surface area contributed by atoms with E-state index in [0.717, 1.165) is 25.2 Å². The first-order valence-electron chi connectivity index (χ1n) is 6.82. The number of amides is 1. The molecule has 1 unspecified atom stereocenters. The van der Waals surface area contributed by atoms with Gasteiger partial charge < -0.3 is 10.2 Å². The molecule has 1 N–H and O–H groups in total. The summed E-state index contributed by atoms with van der Waals surface area (Å²) in [7, 11) is 0. The van der Waals surface area contributed by atoms with Crippen LogP contribution in [0.3, 0.4) is 0 Å². The molecule has 0 spiro atoms. The van der Waals surface area contributed by atoms with Crippen LogP contribution in [0.15, 0.2) is 16.8 Å². The minimum absolute atomic E-state index is 0.253. The summed E-state index contributed by atoms with van der Waals surface area (Å²) in [6, 6.07) is 2.53. The largest absolute Gasteiger partial charge is 0.341 e. The second kappa shape index (κ2) is 6.90. The van der Waals surface area contributed by atoms with Crippen LogP contribution in [-0.2, 0) is 11.2 Å². The Morgan fingerprint density at radius 2 is 2.44 bits per heavy atom. The highest BCUT2D eigenvalue weighted by Crippen LogP contribution is 2.11. The maximum Gasteiger partial charge on any atom is 0.227 e. The van der Waals surface area contributed by atoms with Gasteiger partial charge in [-0.05, 0) is 48.7 Å². The third-order valence-electron chi connectivity index (χ3n) is 3.52. The topological polar surface area (TPSA) is 32.3 Å². The van der Waals surface area contributed by atoms with Crippen molar-refractivity contribution in [3.63, 3.8) is 0 Å². The highest BCUT2D eigenvalue weighted by molar-refractivity contribution is 7.07. The second-order valence-corrected chi connectivity index (χ2v) is 5.67. The van der Waals surface area contributed by atoms with Crippen molar-refractivity contribution in [2.45, 2.75) is 38.6 Å². The molecule has 1 saturated heterocycles. The molecule has 2 heterocycles. The Kier molecular flexibility index (Phi) is 5.20. The van der Waals surface area contributed by atoms with E-state index in [4.69, 9.17) is 0 Å². The van der Waals surface area contributed by atoms with E-state index in [9.17, 15) is 4.79 Å². The van der Waals surface area contributed by atoms with Crippen molar-refractivity contribution in [2.75, 3.05) is 19.6 Å². The average molecular weight is 266 g/mol. The smallest absolute Gasteiger partial charge is 0.227 e. The van der Waals surface area contributed by atoms with Crippen molar-refractivity contribution in [1.29, 1.82) is 0 Å². The van der Waals surface area contributed by atoms with E-state index in [0.29, 0.717) is 12.5 Å². The lowest BCUT2D eigenvalue weighted by Gasteiger charge is -2.30. The van der Waals surface area contributed by atoms with E-state index in [1.165, 1.54) is 19.3 Å². The molecule has 0 saturated carbocycles. The molecule has 4 heteroatoms. The van der Waals surface area contributed by atoms with Gasteiger partial charge in [-0.25, -0.2) is 0 Å². The quantitative estimate of drug-likeness (QED) is 0.887. The van der Waals surface area contributed by atoms with Crippen LogP contribution in [0.1, 0.15) is 31.7 Å². The zero-order valence-corrected chi connectivity index (χ0v) is 11.8. The van der Waals surface area contributed by atoms with Crippen molar-refractivity contribution >= 4 is 17.2 Å². The number of thiophene rings is 1. The summed E-state index contributed by atoms with van der Waals surface area (Å²) in [6.07, 6.45) is 4.30. The summed E-state index contributed by atoms with van der Waals surface area (Å²) in [5, 5.41) is 7.60. The lowest BCUT2D eigenvalue weighted by atomic mass is 10.0. The summed E-state index contributed by atoms with van der Waals surface area (Å²) in [6.45, 7) is 4.83. The minimum atomic E-state index is 0.253. The molecule has 0 bridgehead atoms. The van der Waals surface area contributed by atoms with Crippen LogP contribution in [0.25, 0.3) is 0 Å². The molecule has 2 rings (SSSR count). The number of carbonyl (C=O) groups excluding carboxylic acids is 1. The molecule has 0 aromatic carbocycles. The summed E-state index contributed by atoms with van der Waals surface area (Å²) in [4.78, 5) is 14.2. The molecule has 0 radical (unpaired) electrons. The standard InChI is InChI=1S/C14H22N2OS/c1-2-16(10-13-5-3-4-7-15-13)14(17)9-12-6-8-18-11-12/h6,8,11,13,15H,2-5,7,9-10H2,1H3. The average Bonchev–Trinajstić information content (AvgIpc) is 2.90. The molecule has 100 valence electrons. The molecule has 1 aliphatic heterocycles. The first-order valence-corrected chi connectivity index (χ1v) is 7.76. The van der Waals surface area contributed by atoms with Crippen LogP contribution in [0, 0.1) is 0 Å². The van der Waals surface area contributed by atoms with Crippen molar-refractivity contribution in [2.24, 2.45) is 0 Å². The van der Waals surface area contributed by atoms with Crippen LogP contribution in [0.4, 0.5) is 0 Å². The van der Waals surface area contributed by atoms with Crippen LogP contribution < -0.4 is 5.32 Å². The van der Waals surface area contributed by atoms with Crippen LogP contribution in [0.5, 0.6) is 0 Å². The second-order valence-electron chi connectivity index (χ2n) is 4.89. The predicted molar refractivity (Wildman–Crippen MR) is 75.9 cm³/mol. The lowest BCUT2D eigenvalue weighted by Crippen LogP contribution is -2.46. The van der Waals surface area contributed by atoms with Gasteiger partial charge in [0.05, 0.1) is 6.42 Å². The van der Waals surface area contributed by atoms with Gasteiger partial charge in [0.1, 0.15) is 0 Å². The first-order chi connectivity index (χ1) is 8.79. The van der Waals surface area contributed by atoms with E-state index < -0.39 is 0 Å². The Bertz CT molecular complexity index is 358. The fraction of sp³-hybridized carbons (Fsp3) is 0.643. The number of hydrogen-bond acceptors (Lipinski definition) is 3. The highest BCUT2D eigenvalue weighted by Gasteiger charge is 2.19.